The molecule has 1 aliphatic rings. The van der Waals surface area contributed by atoms with Crippen LogP contribution in [0.5, 0.6) is 5.75 Å². The maximum absolute atomic E-state index is 11.9. The van der Waals surface area contributed by atoms with Crippen molar-refractivity contribution in [3.8, 4) is 5.75 Å². The van der Waals surface area contributed by atoms with Crippen molar-refractivity contribution in [1.82, 2.24) is 5.32 Å². The highest BCUT2D eigenvalue weighted by Gasteiger charge is 2.21. The maximum Gasteiger partial charge on any atom is 0.341 e. The van der Waals surface area contributed by atoms with E-state index in [1.807, 2.05) is 12.1 Å². The lowest BCUT2D eigenvalue weighted by atomic mass is 10.1. The Morgan fingerprint density at radius 1 is 1.27 bits per heavy atom. The van der Waals surface area contributed by atoms with Crippen molar-refractivity contribution in [2.45, 2.75) is 31.8 Å². The molecule has 2 rings (SSSR count). The molecule has 1 aliphatic heterocycles. The predicted octanol–water partition coefficient (Wildman–Crippen LogP) is 1.38. The minimum atomic E-state index is -1.00. The van der Waals surface area contributed by atoms with E-state index in [1.165, 1.54) is 0 Å². The van der Waals surface area contributed by atoms with Crippen LogP contribution in [-0.2, 0) is 20.7 Å². The molecule has 1 fully saturated rings. The number of hydrogen-bond acceptors (Lipinski definition) is 4. The van der Waals surface area contributed by atoms with E-state index in [-0.39, 0.29) is 18.6 Å². The van der Waals surface area contributed by atoms with Gasteiger partial charge in [-0.2, -0.15) is 0 Å². The molecule has 2 N–H and O–H groups in total. The maximum atomic E-state index is 11.9. The molecule has 0 bridgehead atoms. The molecule has 22 heavy (non-hydrogen) atoms. The van der Waals surface area contributed by atoms with Gasteiger partial charge in [0.05, 0.1) is 0 Å². The van der Waals surface area contributed by atoms with E-state index in [0.29, 0.717) is 25.3 Å². The summed E-state index contributed by atoms with van der Waals surface area (Å²) in [4.78, 5) is 22.3. The molecule has 0 aliphatic carbocycles. The highest BCUT2D eigenvalue weighted by Crippen LogP contribution is 2.13. The molecule has 0 spiro atoms. The smallest absolute Gasteiger partial charge is 0.341 e. The molecular formula is C16H21NO5. The first-order valence-electron chi connectivity index (χ1n) is 7.48. The Bertz CT molecular complexity index is 494. The van der Waals surface area contributed by atoms with Crippen LogP contribution >= 0.6 is 0 Å². The number of amides is 1. The molecule has 1 saturated heterocycles. The zero-order chi connectivity index (χ0) is 15.8. The van der Waals surface area contributed by atoms with Gasteiger partial charge < -0.3 is 19.9 Å². The lowest BCUT2D eigenvalue weighted by Crippen LogP contribution is -2.39. The number of carbonyl (C=O) groups excluding carboxylic acids is 1. The zero-order valence-electron chi connectivity index (χ0n) is 12.4. The summed E-state index contributed by atoms with van der Waals surface area (Å²) in [6.45, 7) is 0.862. The molecule has 0 saturated carbocycles. The van der Waals surface area contributed by atoms with E-state index >= 15 is 0 Å². The highest BCUT2D eigenvalue weighted by atomic mass is 16.5. The molecule has 1 unspecified atom stereocenters. The first kappa shape index (κ1) is 16.3. The molecule has 0 radical (unpaired) electrons. The minimum Gasteiger partial charge on any atom is -0.482 e. The van der Waals surface area contributed by atoms with Crippen molar-refractivity contribution >= 4 is 11.9 Å². The number of carbonyl (C=O) groups is 2. The molecule has 1 atom stereocenters. The normalized spacial score (nSPS) is 17.7. The Kier molecular flexibility index (Phi) is 6.21. The van der Waals surface area contributed by atoms with Crippen LogP contribution in [0.15, 0.2) is 24.3 Å². The van der Waals surface area contributed by atoms with Crippen LogP contribution in [0.1, 0.15) is 24.8 Å². The van der Waals surface area contributed by atoms with Crippen molar-refractivity contribution in [3.05, 3.63) is 29.8 Å². The number of rotatable bonds is 7. The van der Waals surface area contributed by atoms with Crippen LogP contribution in [0.4, 0.5) is 0 Å². The van der Waals surface area contributed by atoms with Gasteiger partial charge >= 0.3 is 5.97 Å². The van der Waals surface area contributed by atoms with Gasteiger partial charge in [0.2, 0.25) is 5.91 Å². The van der Waals surface area contributed by atoms with Gasteiger partial charge in [-0.15, -0.1) is 0 Å². The van der Waals surface area contributed by atoms with Crippen molar-refractivity contribution in [1.29, 1.82) is 0 Å². The fourth-order valence-electron chi connectivity index (χ4n) is 2.29. The lowest BCUT2D eigenvalue weighted by molar-refractivity contribution is -0.139. The monoisotopic (exact) mass is 307 g/mol. The molecule has 1 heterocycles. The fourth-order valence-corrected chi connectivity index (χ4v) is 2.29. The zero-order valence-corrected chi connectivity index (χ0v) is 12.4. The molecule has 1 aromatic carbocycles. The second-order valence-electron chi connectivity index (χ2n) is 5.22. The van der Waals surface area contributed by atoms with Gasteiger partial charge in [0.1, 0.15) is 11.9 Å². The van der Waals surface area contributed by atoms with Crippen LogP contribution < -0.4 is 10.1 Å². The summed E-state index contributed by atoms with van der Waals surface area (Å²) in [5, 5.41) is 11.4. The van der Waals surface area contributed by atoms with Crippen molar-refractivity contribution in [3.63, 3.8) is 0 Å². The largest absolute Gasteiger partial charge is 0.482 e. The Hall–Kier alpha value is -2.08. The van der Waals surface area contributed by atoms with E-state index in [1.54, 1.807) is 12.1 Å². The van der Waals surface area contributed by atoms with Crippen molar-refractivity contribution in [2.75, 3.05) is 19.8 Å². The average Bonchev–Trinajstić information content (AvgIpc) is 2.55. The number of ether oxygens (including phenoxy) is 2. The SMILES string of the molecule is O=C(O)COc1ccc(CCNC(=O)C2CCCCO2)cc1. The van der Waals surface area contributed by atoms with E-state index < -0.39 is 5.97 Å². The fraction of sp³-hybridized carbons (Fsp3) is 0.500. The minimum absolute atomic E-state index is 0.0406. The molecule has 1 aromatic rings. The van der Waals surface area contributed by atoms with Gasteiger partial charge in [-0.05, 0) is 43.4 Å². The second-order valence-corrected chi connectivity index (χ2v) is 5.22. The highest BCUT2D eigenvalue weighted by molar-refractivity contribution is 5.80. The standard InChI is InChI=1S/C16H21NO5/c18-15(19)11-22-13-6-4-12(5-7-13)8-9-17-16(20)14-3-1-2-10-21-14/h4-7,14H,1-3,8-11H2,(H,17,20)(H,18,19). The Labute approximate surface area is 129 Å². The molecule has 120 valence electrons. The van der Waals surface area contributed by atoms with Crippen LogP contribution in [0.3, 0.4) is 0 Å². The number of carboxylic acid groups (broad SMARTS) is 1. The number of carboxylic acids is 1. The summed E-state index contributed by atoms with van der Waals surface area (Å²) in [7, 11) is 0. The molecular weight excluding hydrogens is 286 g/mol. The van der Waals surface area contributed by atoms with Gasteiger partial charge in [0.25, 0.3) is 0 Å². The Balaban J connectivity index is 1.70. The third-order valence-corrected chi connectivity index (χ3v) is 3.47. The number of aliphatic carboxylic acids is 1. The summed E-state index contributed by atoms with van der Waals surface area (Å²) in [6, 6.07) is 7.18. The van der Waals surface area contributed by atoms with Gasteiger partial charge in [-0.3, -0.25) is 4.79 Å². The second kappa shape index (κ2) is 8.38. The Morgan fingerprint density at radius 2 is 2.05 bits per heavy atom. The van der Waals surface area contributed by atoms with Gasteiger partial charge in [-0.25, -0.2) is 4.79 Å². The van der Waals surface area contributed by atoms with E-state index in [0.717, 1.165) is 24.8 Å². The summed E-state index contributed by atoms with van der Waals surface area (Å²) in [5.74, 6) is -0.524. The summed E-state index contributed by atoms with van der Waals surface area (Å²) < 4.78 is 10.5. The predicted molar refractivity (Wildman–Crippen MR) is 79.9 cm³/mol. The lowest BCUT2D eigenvalue weighted by Gasteiger charge is -2.21. The van der Waals surface area contributed by atoms with E-state index in [2.05, 4.69) is 5.32 Å². The van der Waals surface area contributed by atoms with E-state index in [4.69, 9.17) is 14.6 Å². The van der Waals surface area contributed by atoms with Crippen molar-refractivity contribution < 1.29 is 24.2 Å². The third-order valence-electron chi connectivity index (χ3n) is 3.47. The van der Waals surface area contributed by atoms with Crippen LogP contribution in [0.2, 0.25) is 0 Å². The van der Waals surface area contributed by atoms with Crippen LogP contribution in [-0.4, -0.2) is 42.8 Å². The first-order chi connectivity index (χ1) is 10.6. The number of hydrogen-bond donors (Lipinski definition) is 2. The Morgan fingerprint density at radius 3 is 2.68 bits per heavy atom. The number of nitrogens with one attached hydrogen (secondary N) is 1. The van der Waals surface area contributed by atoms with Crippen molar-refractivity contribution in [2.24, 2.45) is 0 Å². The molecule has 6 nitrogen and oxygen atoms in total. The topological polar surface area (TPSA) is 84.9 Å². The van der Waals surface area contributed by atoms with Crippen LogP contribution in [0.25, 0.3) is 0 Å². The molecule has 0 aromatic heterocycles. The van der Waals surface area contributed by atoms with E-state index in [9.17, 15) is 9.59 Å². The van der Waals surface area contributed by atoms with Gasteiger partial charge in [-0.1, -0.05) is 12.1 Å². The average molecular weight is 307 g/mol. The van der Waals surface area contributed by atoms with Crippen LogP contribution in [0, 0.1) is 0 Å². The summed E-state index contributed by atoms with van der Waals surface area (Å²) in [5.41, 5.74) is 1.05. The summed E-state index contributed by atoms with van der Waals surface area (Å²) in [6.07, 6.45) is 3.26. The molecule has 1 amide bonds. The van der Waals surface area contributed by atoms with Gasteiger partial charge in [0.15, 0.2) is 6.61 Å². The first-order valence-corrected chi connectivity index (χ1v) is 7.48. The quantitative estimate of drug-likeness (QED) is 0.795. The number of benzene rings is 1. The third kappa shape index (κ3) is 5.37. The molecule has 6 heteroatoms. The summed E-state index contributed by atoms with van der Waals surface area (Å²) >= 11 is 0. The van der Waals surface area contributed by atoms with Gasteiger partial charge in [0, 0.05) is 13.2 Å².